The molecule has 1 saturated heterocycles. The Morgan fingerprint density at radius 3 is 2.55 bits per heavy atom. The van der Waals surface area contributed by atoms with Crippen molar-refractivity contribution in [1.82, 2.24) is 15.1 Å². The number of nitrogens with zero attached hydrogens (tertiary/aromatic N) is 4. The van der Waals surface area contributed by atoms with Crippen molar-refractivity contribution in [2.45, 2.75) is 0 Å². The van der Waals surface area contributed by atoms with Crippen LogP contribution in [0.1, 0.15) is 0 Å². The molecule has 0 saturated carbocycles. The molecule has 1 N–H and O–H groups in total. The highest BCUT2D eigenvalue weighted by molar-refractivity contribution is 6.30. The number of amides is 2. The van der Waals surface area contributed by atoms with Crippen LogP contribution in [-0.2, 0) is 0 Å². The Balaban J connectivity index is 1.19. The molecule has 3 aromatic rings. The number of hydrogen-bond acceptors (Lipinski definition) is 6. The fourth-order valence-corrected chi connectivity index (χ4v) is 3.80. The lowest BCUT2D eigenvalue weighted by Crippen LogP contribution is -2.50. The third-order valence-corrected chi connectivity index (χ3v) is 5.52. The highest BCUT2D eigenvalue weighted by Gasteiger charge is 2.22. The largest absolute Gasteiger partial charge is 0.454 e. The number of ether oxygens (including phenoxy) is 2. The molecule has 2 amide bonds. The standard InChI is InChI=1S/C22H20ClN5O3/c23-16-2-1-3-17(13-16)24-22(29)28-10-8-27(9-11-28)21-7-5-18(25-26-21)15-4-6-19-20(12-15)31-14-30-19/h1-7,12-13H,8-11,14H2,(H,24,29). The van der Waals surface area contributed by atoms with E-state index in [1.54, 1.807) is 17.0 Å². The van der Waals surface area contributed by atoms with Gasteiger partial charge in [-0.25, -0.2) is 4.79 Å². The molecule has 0 atom stereocenters. The van der Waals surface area contributed by atoms with Crippen LogP contribution in [0.5, 0.6) is 11.5 Å². The van der Waals surface area contributed by atoms with Crippen LogP contribution >= 0.6 is 11.6 Å². The van der Waals surface area contributed by atoms with Crippen LogP contribution in [0.4, 0.5) is 16.3 Å². The van der Waals surface area contributed by atoms with Gasteiger partial charge in [0, 0.05) is 42.5 Å². The van der Waals surface area contributed by atoms with Crippen molar-refractivity contribution in [3.63, 3.8) is 0 Å². The lowest BCUT2D eigenvalue weighted by molar-refractivity contribution is 0.174. The maximum absolute atomic E-state index is 12.5. The van der Waals surface area contributed by atoms with Gasteiger partial charge in [-0.05, 0) is 48.5 Å². The molecule has 9 heteroatoms. The topological polar surface area (TPSA) is 79.8 Å². The SMILES string of the molecule is O=C(Nc1cccc(Cl)c1)N1CCN(c2ccc(-c3ccc4c(c3)OCO4)nn2)CC1. The molecule has 2 aliphatic rings. The fraction of sp³-hybridized carbons (Fsp3) is 0.227. The van der Waals surface area contributed by atoms with Crippen molar-refractivity contribution in [2.75, 3.05) is 43.2 Å². The predicted molar refractivity (Wildman–Crippen MR) is 118 cm³/mol. The number of halogens is 1. The lowest BCUT2D eigenvalue weighted by atomic mass is 10.1. The van der Waals surface area contributed by atoms with Crippen LogP contribution < -0.4 is 19.7 Å². The van der Waals surface area contributed by atoms with Gasteiger partial charge >= 0.3 is 6.03 Å². The molecule has 0 aliphatic carbocycles. The van der Waals surface area contributed by atoms with Crippen LogP contribution in [0.25, 0.3) is 11.3 Å². The molecule has 0 unspecified atom stereocenters. The van der Waals surface area contributed by atoms with E-state index in [2.05, 4.69) is 20.4 Å². The molecule has 1 fully saturated rings. The summed E-state index contributed by atoms with van der Waals surface area (Å²) in [5.74, 6) is 2.25. The first kappa shape index (κ1) is 19.4. The molecule has 1 aromatic heterocycles. The number of benzene rings is 2. The Bertz CT molecular complexity index is 1100. The van der Waals surface area contributed by atoms with Crippen molar-refractivity contribution in [3.05, 3.63) is 59.6 Å². The first-order valence-electron chi connectivity index (χ1n) is 9.96. The van der Waals surface area contributed by atoms with Crippen molar-refractivity contribution in [2.24, 2.45) is 0 Å². The molecule has 158 valence electrons. The van der Waals surface area contributed by atoms with E-state index in [1.807, 2.05) is 42.5 Å². The van der Waals surface area contributed by atoms with Crippen molar-refractivity contribution >= 4 is 29.1 Å². The zero-order valence-corrected chi connectivity index (χ0v) is 17.4. The predicted octanol–water partition coefficient (Wildman–Crippen LogP) is 3.88. The van der Waals surface area contributed by atoms with Crippen LogP contribution in [0.15, 0.2) is 54.6 Å². The molecule has 31 heavy (non-hydrogen) atoms. The number of urea groups is 1. The van der Waals surface area contributed by atoms with Crippen LogP contribution in [0, 0.1) is 0 Å². The highest BCUT2D eigenvalue weighted by Crippen LogP contribution is 2.35. The average Bonchev–Trinajstić information content (AvgIpc) is 3.27. The molecule has 5 rings (SSSR count). The number of nitrogens with one attached hydrogen (secondary N) is 1. The molecule has 3 heterocycles. The summed E-state index contributed by atoms with van der Waals surface area (Å²) < 4.78 is 10.8. The Morgan fingerprint density at radius 1 is 0.935 bits per heavy atom. The van der Waals surface area contributed by atoms with Gasteiger partial charge < -0.3 is 24.6 Å². The van der Waals surface area contributed by atoms with Gasteiger partial charge in [-0.1, -0.05) is 17.7 Å². The Labute approximate surface area is 184 Å². The van der Waals surface area contributed by atoms with E-state index in [1.165, 1.54) is 0 Å². The molecular weight excluding hydrogens is 418 g/mol. The number of fused-ring (bicyclic) bond motifs is 1. The molecule has 2 aliphatic heterocycles. The van der Waals surface area contributed by atoms with E-state index in [-0.39, 0.29) is 12.8 Å². The second kappa shape index (κ2) is 8.31. The number of carbonyl (C=O) groups excluding carboxylic acids is 1. The summed E-state index contributed by atoms with van der Waals surface area (Å²) in [6, 6.07) is 16.6. The Morgan fingerprint density at radius 2 is 1.77 bits per heavy atom. The van der Waals surface area contributed by atoms with Gasteiger partial charge in [0.25, 0.3) is 0 Å². The van der Waals surface area contributed by atoms with E-state index in [9.17, 15) is 4.79 Å². The first-order valence-corrected chi connectivity index (χ1v) is 10.3. The van der Waals surface area contributed by atoms with Crippen molar-refractivity contribution in [1.29, 1.82) is 0 Å². The summed E-state index contributed by atoms with van der Waals surface area (Å²) in [5, 5.41) is 12.2. The molecular formula is C22H20ClN5O3. The quantitative estimate of drug-likeness (QED) is 0.669. The fourth-order valence-electron chi connectivity index (χ4n) is 3.61. The van der Waals surface area contributed by atoms with Gasteiger partial charge in [0.2, 0.25) is 6.79 Å². The highest BCUT2D eigenvalue weighted by atomic mass is 35.5. The van der Waals surface area contributed by atoms with E-state index in [0.29, 0.717) is 36.9 Å². The molecule has 0 spiro atoms. The van der Waals surface area contributed by atoms with Crippen LogP contribution in [0.3, 0.4) is 0 Å². The van der Waals surface area contributed by atoms with Gasteiger partial charge in [0.05, 0.1) is 5.69 Å². The minimum Gasteiger partial charge on any atom is -0.454 e. The summed E-state index contributed by atoms with van der Waals surface area (Å²) in [6.07, 6.45) is 0. The van der Waals surface area contributed by atoms with Crippen LogP contribution in [-0.4, -0.2) is 54.1 Å². The number of anilines is 2. The summed E-state index contributed by atoms with van der Waals surface area (Å²) in [7, 11) is 0. The van der Waals surface area contributed by atoms with E-state index in [0.717, 1.165) is 28.6 Å². The monoisotopic (exact) mass is 437 g/mol. The van der Waals surface area contributed by atoms with Gasteiger partial charge in [-0.3, -0.25) is 0 Å². The summed E-state index contributed by atoms with van der Waals surface area (Å²) >= 11 is 5.98. The number of hydrogen-bond donors (Lipinski definition) is 1. The number of rotatable bonds is 3. The summed E-state index contributed by atoms with van der Waals surface area (Å²) in [4.78, 5) is 16.4. The van der Waals surface area contributed by atoms with Gasteiger partial charge in [-0.15, -0.1) is 10.2 Å². The maximum Gasteiger partial charge on any atom is 0.321 e. The lowest BCUT2D eigenvalue weighted by Gasteiger charge is -2.35. The van der Waals surface area contributed by atoms with E-state index in [4.69, 9.17) is 21.1 Å². The molecule has 2 aromatic carbocycles. The molecule has 8 nitrogen and oxygen atoms in total. The first-order chi connectivity index (χ1) is 15.2. The van der Waals surface area contributed by atoms with Gasteiger partial charge in [0.1, 0.15) is 0 Å². The number of aromatic nitrogens is 2. The average molecular weight is 438 g/mol. The van der Waals surface area contributed by atoms with Crippen molar-refractivity contribution in [3.8, 4) is 22.8 Å². The Hall–Kier alpha value is -3.52. The third kappa shape index (κ3) is 4.20. The second-order valence-electron chi connectivity index (χ2n) is 7.26. The third-order valence-electron chi connectivity index (χ3n) is 5.29. The number of carbonyl (C=O) groups is 1. The zero-order valence-electron chi connectivity index (χ0n) is 16.6. The Kier molecular flexibility index (Phi) is 5.21. The smallest absolute Gasteiger partial charge is 0.321 e. The minimum atomic E-state index is -0.133. The summed E-state index contributed by atoms with van der Waals surface area (Å²) in [6.45, 7) is 2.80. The molecule has 0 radical (unpaired) electrons. The van der Waals surface area contributed by atoms with Crippen molar-refractivity contribution < 1.29 is 14.3 Å². The normalized spacial score (nSPS) is 15.1. The summed E-state index contributed by atoms with van der Waals surface area (Å²) in [5.41, 5.74) is 2.37. The maximum atomic E-state index is 12.5. The van der Waals surface area contributed by atoms with Gasteiger partial charge in [0.15, 0.2) is 17.3 Å². The minimum absolute atomic E-state index is 0.133. The van der Waals surface area contributed by atoms with E-state index < -0.39 is 0 Å². The number of piperazine rings is 1. The zero-order chi connectivity index (χ0) is 21.2. The van der Waals surface area contributed by atoms with E-state index >= 15 is 0 Å². The molecule has 0 bridgehead atoms. The van der Waals surface area contributed by atoms with Gasteiger partial charge in [-0.2, -0.15) is 0 Å². The van der Waals surface area contributed by atoms with Crippen LogP contribution in [0.2, 0.25) is 5.02 Å². The second-order valence-corrected chi connectivity index (χ2v) is 7.70.